The Morgan fingerprint density at radius 2 is 2.07 bits per heavy atom. The average Bonchev–Trinajstić information content (AvgIpc) is 3.26. The van der Waals surface area contributed by atoms with E-state index in [0.29, 0.717) is 53.2 Å². The number of aliphatic hydroxyl groups is 1. The van der Waals surface area contributed by atoms with E-state index in [1.54, 1.807) is 43.8 Å². The molecule has 0 radical (unpaired) electrons. The second kappa shape index (κ2) is 8.23. The number of carbonyl (C=O) groups is 1. The first-order chi connectivity index (χ1) is 14.0. The molecule has 0 unspecified atom stereocenters. The maximum atomic E-state index is 12.7. The first-order valence-electron chi connectivity index (χ1n) is 9.17. The molecule has 11 heteroatoms. The highest BCUT2D eigenvalue weighted by Crippen LogP contribution is 2.33. The van der Waals surface area contributed by atoms with Crippen molar-refractivity contribution in [1.82, 2.24) is 14.8 Å². The van der Waals surface area contributed by atoms with E-state index in [-0.39, 0.29) is 5.01 Å². The van der Waals surface area contributed by atoms with Crippen LogP contribution in [0.2, 0.25) is 0 Å². The van der Waals surface area contributed by atoms with Crippen LogP contribution >= 0.6 is 11.3 Å². The van der Waals surface area contributed by atoms with Crippen molar-refractivity contribution in [2.24, 2.45) is 0 Å². The number of nitrogens with zero attached hydrogens (tertiary/aromatic N) is 3. The number of ether oxygens (including phenoxy) is 1. The predicted molar refractivity (Wildman–Crippen MR) is 107 cm³/mol. The predicted octanol–water partition coefficient (Wildman–Crippen LogP) is 4.32. The Kier molecular flexibility index (Phi) is 6.04. The molecule has 7 nitrogen and oxygen atoms in total. The third-order valence-corrected chi connectivity index (χ3v) is 4.98. The molecule has 30 heavy (non-hydrogen) atoms. The van der Waals surface area contributed by atoms with Gasteiger partial charge in [0.15, 0.2) is 10.7 Å². The minimum Gasteiger partial charge on any atom is -0.492 e. The normalized spacial score (nSPS) is 12.4. The van der Waals surface area contributed by atoms with Gasteiger partial charge in [0.05, 0.1) is 23.4 Å². The molecule has 1 aromatic carbocycles. The number of anilines is 1. The third-order valence-electron chi connectivity index (χ3n) is 4.14. The summed E-state index contributed by atoms with van der Waals surface area (Å²) in [5.41, 5.74) is -1.01. The molecule has 1 amide bonds. The number of fused-ring (bicyclic) bond motifs is 1. The summed E-state index contributed by atoms with van der Waals surface area (Å²) in [7, 11) is 0. The monoisotopic (exact) mass is 442 g/mol. The van der Waals surface area contributed by atoms with E-state index in [4.69, 9.17) is 4.74 Å². The summed E-state index contributed by atoms with van der Waals surface area (Å²) >= 11 is 0.615. The van der Waals surface area contributed by atoms with Gasteiger partial charge in [-0.2, -0.15) is 18.3 Å². The van der Waals surface area contributed by atoms with Gasteiger partial charge in [-0.25, -0.2) is 4.98 Å². The zero-order chi connectivity index (χ0) is 22.1. The van der Waals surface area contributed by atoms with Gasteiger partial charge in [0.2, 0.25) is 0 Å². The highest BCUT2D eigenvalue weighted by Gasteiger charge is 2.34. The van der Waals surface area contributed by atoms with E-state index < -0.39 is 23.4 Å². The lowest BCUT2D eigenvalue weighted by Crippen LogP contribution is -2.21. The zero-order valence-corrected chi connectivity index (χ0v) is 17.4. The molecule has 2 aromatic heterocycles. The fourth-order valence-electron chi connectivity index (χ4n) is 2.66. The number of hydrogen-bond donors (Lipinski definition) is 2. The molecular weight excluding hydrogens is 421 g/mol. The second-order valence-corrected chi connectivity index (χ2v) is 8.14. The van der Waals surface area contributed by atoms with Crippen LogP contribution < -0.4 is 10.1 Å². The molecule has 162 valence electrons. The number of halogens is 3. The standard InChI is InChI=1S/C19H21F3N4O3S/c1-4-29-14-8-12-11(9-26(25-12)6-5-18(2,3)28)7-13(14)23-16(27)17-24-15(10-30-17)19(20,21)22/h7-10,28H,4-6H2,1-3H3,(H,23,27). The summed E-state index contributed by atoms with van der Waals surface area (Å²) in [6, 6.07) is 3.29. The molecule has 2 N–H and O–H groups in total. The molecule has 0 aliphatic heterocycles. The van der Waals surface area contributed by atoms with Gasteiger partial charge in [0.1, 0.15) is 5.75 Å². The van der Waals surface area contributed by atoms with Crippen molar-refractivity contribution < 1.29 is 27.8 Å². The summed E-state index contributed by atoms with van der Waals surface area (Å²) < 4.78 is 45.5. The van der Waals surface area contributed by atoms with Gasteiger partial charge >= 0.3 is 6.18 Å². The minimum absolute atomic E-state index is 0.300. The van der Waals surface area contributed by atoms with Crippen LogP contribution in [0.15, 0.2) is 23.7 Å². The summed E-state index contributed by atoms with van der Waals surface area (Å²) in [5, 5.41) is 18.1. The van der Waals surface area contributed by atoms with Crippen LogP contribution in [0, 0.1) is 0 Å². The van der Waals surface area contributed by atoms with Crippen molar-refractivity contribution in [3.63, 3.8) is 0 Å². The molecule has 0 saturated heterocycles. The Bertz CT molecular complexity index is 1050. The quantitative estimate of drug-likeness (QED) is 0.569. The van der Waals surface area contributed by atoms with Crippen LogP contribution in [0.4, 0.5) is 18.9 Å². The SMILES string of the molecule is CCOc1cc2nn(CCC(C)(C)O)cc2cc1NC(=O)c1nc(C(F)(F)F)cs1. The maximum Gasteiger partial charge on any atom is 0.434 e. The van der Waals surface area contributed by atoms with E-state index in [2.05, 4.69) is 15.4 Å². The zero-order valence-electron chi connectivity index (χ0n) is 16.6. The Morgan fingerprint density at radius 3 is 2.67 bits per heavy atom. The molecule has 3 rings (SSSR count). The minimum atomic E-state index is -4.61. The number of aromatic nitrogens is 3. The number of hydrogen-bond acceptors (Lipinski definition) is 6. The van der Waals surface area contributed by atoms with Crippen molar-refractivity contribution in [1.29, 1.82) is 0 Å². The van der Waals surface area contributed by atoms with E-state index >= 15 is 0 Å². The molecule has 2 heterocycles. The van der Waals surface area contributed by atoms with Gasteiger partial charge in [-0.15, -0.1) is 11.3 Å². The van der Waals surface area contributed by atoms with Gasteiger partial charge in [-0.3, -0.25) is 9.48 Å². The first-order valence-corrected chi connectivity index (χ1v) is 10.0. The number of rotatable bonds is 7. The average molecular weight is 442 g/mol. The molecular formula is C19H21F3N4O3S. The summed E-state index contributed by atoms with van der Waals surface area (Å²) in [6.45, 7) is 6.00. The summed E-state index contributed by atoms with van der Waals surface area (Å²) in [6.07, 6.45) is -2.35. The second-order valence-electron chi connectivity index (χ2n) is 7.28. The third kappa shape index (κ3) is 5.28. The number of nitrogens with one attached hydrogen (secondary N) is 1. The van der Waals surface area contributed by atoms with E-state index in [1.807, 2.05) is 0 Å². The molecule has 0 spiro atoms. The molecule has 0 aliphatic carbocycles. The van der Waals surface area contributed by atoms with E-state index in [1.165, 1.54) is 0 Å². The number of aryl methyl sites for hydroxylation is 1. The number of alkyl halides is 3. The molecule has 0 atom stereocenters. The van der Waals surface area contributed by atoms with Crippen LogP contribution in [0.5, 0.6) is 5.75 Å². The van der Waals surface area contributed by atoms with Crippen LogP contribution in [0.1, 0.15) is 42.7 Å². The lowest BCUT2D eigenvalue weighted by atomic mass is 10.1. The first kappa shape index (κ1) is 22.0. The van der Waals surface area contributed by atoms with Crippen LogP contribution in [0.3, 0.4) is 0 Å². The van der Waals surface area contributed by atoms with Crippen LogP contribution in [-0.4, -0.2) is 38.0 Å². The Balaban J connectivity index is 1.86. The molecule has 0 fully saturated rings. The number of amides is 1. The summed E-state index contributed by atoms with van der Waals surface area (Å²) in [5.74, 6) is -0.413. The maximum absolute atomic E-state index is 12.7. The Labute approximate surface area is 174 Å². The van der Waals surface area contributed by atoms with Crippen LogP contribution in [0.25, 0.3) is 10.9 Å². The van der Waals surface area contributed by atoms with E-state index in [9.17, 15) is 23.1 Å². The van der Waals surface area contributed by atoms with Gasteiger partial charge in [-0.05, 0) is 33.3 Å². The van der Waals surface area contributed by atoms with Crippen LogP contribution in [-0.2, 0) is 12.7 Å². The fraction of sp³-hybridized carbons (Fsp3) is 0.421. The lowest BCUT2D eigenvalue weighted by molar-refractivity contribution is -0.140. The summed E-state index contributed by atoms with van der Waals surface area (Å²) in [4.78, 5) is 15.8. The fourth-order valence-corrected chi connectivity index (χ4v) is 3.38. The Hall–Kier alpha value is -2.66. The number of carbonyl (C=O) groups excluding carboxylic acids is 1. The van der Waals surface area contributed by atoms with Crippen molar-refractivity contribution in [3.05, 3.63) is 34.4 Å². The van der Waals surface area contributed by atoms with Crippen molar-refractivity contribution in [3.8, 4) is 5.75 Å². The molecule has 0 saturated carbocycles. The highest BCUT2D eigenvalue weighted by molar-refractivity contribution is 7.11. The molecule has 3 aromatic rings. The van der Waals surface area contributed by atoms with Crippen molar-refractivity contribution in [2.75, 3.05) is 11.9 Å². The number of thiazole rings is 1. The van der Waals surface area contributed by atoms with Gasteiger partial charge < -0.3 is 15.2 Å². The van der Waals surface area contributed by atoms with Gasteiger partial charge in [0.25, 0.3) is 5.91 Å². The largest absolute Gasteiger partial charge is 0.492 e. The highest BCUT2D eigenvalue weighted by atomic mass is 32.1. The smallest absolute Gasteiger partial charge is 0.434 e. The molecule has 0 bridgehead atoms. The van der Waals surface area contributed by atoms with Gasteiger partial charge in [-0.1, -0.05) is 0 Å². The lowest BCUT2D eigenvalue weighted by Gasteiger charge is -2.16. The van der Waals surface area contributed by atoms with Gasteiger partial charge in [0, 0.05) is 29.6 Å². The van der Waals surface area contributed by atoms with Crippen molar-refractivity contribution >= 4 is 33.8 Å². The topological polar surface area (TPSA) is 89.3 Å². The van der Waals surface area contributed by atoms with Crippen molar-refractivity contribution in [2.45, 2.75) is 45.5 Å². The number of benzene rings is 1. The molecule has 0 aliphatic rings. The van der Waals surface area contributed by atoms with E-state index in [0.717, 1.165) is 5.38 Å². The Morgan fingerprint density at radius 1 is 1.33 bits per heavy atom.